The summed E-state index contributed by atoms with van der Waals surface area (Å²) in [5.74, 6) is 0.326. The number of carbonyl (C=O) groups excluding carboxylic acids is 1. The van der Waals surface area contributed by atoms with Gasteiger partial charge in [0.05, 0.1) is 27.9 Å². The van der Waals surface area contributed by atoms with E-state index in [0.29, 0.717) is 31.9 Å². The molecule has 1 fully saturated rings. The fourth-order valence-corrected chi connectivity index (χ4v) is 4.06. The van der Waals surface area contributed by atoms with Gasteiger partial charge < -0.3 is 24.4 Å². The summed E-state index contributed by atoms with van der Waals surface area (Å²) in [6.07, 6.45) is 0. The topological polar surface area (TPSA) is 97.4 Å². The molecule has 0 saturated carbocycles. The van der Waals surface area contributed by atoms with Crippen molar-refractivity contribution in [3.8, 4) is 17.2 Å². The van der Waals surface area contributed by atoms with Crippen LogP contribution in [0.3, 0.4) is 0 Å². The zero-order chi connectivity index (χ0) is 19.3. The van der Waals surface area contributed by atoms with Crippen molar-refractivity contribution in [2.45, 2.75) is 4.90 Å². The van der Waals surface area contributed by atoms with Gasteiger partial charge in [-0.3, -0.25) is 4.79 Å². The molecule has 1 N–H and O–H groups in total. The molecule has 0 aromatic heterocycles. The van der Waals surface area contributed by atoms with Gasteiger partial charge in [0.1, 0.15) is 17.2 Å². The monoisotopic (exact) mass is 423 g/mol. The van der Waals surface area contributed by atoms with Gasteiger partial charge in [-0.1, -0.05) is 0 Å². The summed E-state index contributed by atoms with van der Waals surface area (Å²) in [5, 5.41) is 3.15. The Morgan fingerprint density at radius 3 is 2.07 bits per heavy atom. The number of ether oxygens (including phenoxy) is 3. The molecule has 27 heavy (non-hydrogen) atoms. The first-order valence-electron chi connectivity index (χ1n) is 8.10. The molecule has 0 unspecified atom stereocenters. The summed E-state index contributed by atoms with van der Waals surface area (Å²) in [4.78, 5) is 13.9. The molecule has 1 aromatic carbocycles. The highest BCUT2D eigenvalue weighted by atomic mass is 35.5. The number of nitrogens with one attached hydrogen (secondary N) is 1. The third-order valence-electron chi connectivity index (χ3n) is 4.17. The van der Waals surface area contributed by atoms with E-state index in [0.717, 1.165) is 4.31 Å². The summed E-state index contributed by atoms with van der Waals surface area (Å²) >= 11 is 0. The van der Waals surface area contributed by atoms with Crippen molar-refractivity contribution >= 4 is 28.3 Å². The quantitative estimate of drug-likeness (QED) is 0.668. The van der Waals surface area contributed by atoms with Crippen LogP contribution in [0.4, 0.5) is 0 Å². The summed E-state index contributed by atoms with van der Waals surface area (Å²) < 4.78 is 42.7. The molecule has 1 aliphatic heterocycles. The fourth-order valence-electron chi connectivity index (χ4n) is 2.67. The van der Waals surface area contributed by atoms with Crippen molar-refractivity contribution in [1.82, 2.24) is 14.5 Å². The number of carbonyl (C=O) groups is 1. The maximum atomic E-state index is 13.1. The van der Waals surface area contributed by atoms with Crippen LogP contribution in [0.15, 0.2) is 17.0 Å². The number of rotatable bonds is 7. The Kier molecular flexibility index (Phi) is 8.60. The highest BCUT2D eigenvalue weighted by Gasteiger charge is 2.32. The highest BCUT2D eigenvalue weighted by Crippen LogP contribution is 2.38. The Morgan fingerprint density at radius 1 is 1.11 bits per heavy atom. The third kappa shape index (κ3) is 5.16. The van der Waals surface area contributed by atoms with Gasteiger partial charge in [0.25, 0.3) is 10.0 Å². The van der Waals surface area contributed by atoms with Gasteiger partial charge in [0.2, 0.25) is 5.91 Å². The second kappa shape index (κ2) is 9.98. The fraction of sp³-hybridized carbons (Fsp3) is 0.562. The van der Waals surface area contributed by atoms with Crippen LogP contribution in [0.5, 0.6) is 17.2 Å². The molecule has 1 heterocycles. The van der Waals surface area contributed by atoms with Gasteiger partial charge in [-0.25, -0.2) is 8.42 Å². The van der Waals surface area contributed by atoms with Crippen molar-refractivity contribution in [2.75, 3.05) is 61.1 Å². The number of piperazine rings is 1. The van der Waals surface area contributed by atoms with Crippen LogP contribution in [0, 0.1) is 0 Å². The Labute approximate surface area is 166 Å². The largest absolute Gasteiger partial charge is 0.496 e. The molecule has 1 aliphatic rings. The summed E-state index contributed by atoms with van der Waals surface area (Å²) in [6.45, 7) is 2.25. The Hall–Kier alpha value is -1.75. The first-order chi connectivity index (χ1) is 12.3. The third-order valence-corrected chi connectivity index (χ3v) is 6.03. The second-order valence-corrected chi connectivity index (χ2v) is 7.73. The molecule has 11 heteroatoms. The van der Waals surface area contributed by atoms with Crippen LogP contribution in [-0.2, 0) is 14.8 Å². The van der Waals surface area contributed by atoms with Crippen LogP contribution in [0.1, 0.15) is 0 Å². The predicted octanol–water partition coefficient (Wildman–Crippen LogP) is 0.187. The highest BCUT2D eigenvalue weighted by molar-refractivity contribution is 7.89. The van der Waals surface area contributed by atoms with Gasteiger partial charge in [-0.2, -0.15) is 4.31 Å². The van der Waals surface area contributed by atoms with Crippen molar-refractivity contribution in [3.63, 3.8) is 0 Å². The molecule has 1 amide bonds. The molecule has 1 saturated heterocycles. The average Bonchev–Trinajstić information content (AvgIpc) is 2.67. The van der Waals surface area contributed by atoms with Crippen LogP contribution in [0.25, 0.3) is 0 Å². The van der Waals surface area contributed by atoms with E-state index in [1.165, 1.54) is 40.5 Å². The van der Waals surface area contributed by atoms with E-state index < -0.39 is 10.0 Å². The normalized spacial score (nSPS) is 14.5. The number of amides is 1. The maximum Gasteiger partial charge on any atom is 0.250 e. The van der Waals surface area contributed by atoms with Gasteiger partial charge in [-0.05, 0) is 0 Å². The van der Waals surface area contributed by atoms with Crippen LogP contribution in [-0.4, -0.2) is 84.6 Å². The molecule has 0 radical (unpaired) electrons. The molecule has 154 valence electrons. The van der Waals surface area contributed by atoms with Gasteiger partial charge in [-0.15, -0.1) is 12.4 Å². The van der Waals surface area contributed by atoms with E-state index >= 15 is 0 Å². The minimum Gasteiger partial charge on any atom is -0.496 e. The summed E-state index contributed by atoms with van der Waals surface area (Å²) in [6, 6.07) is 2.92. The van der Waals surface area contributed by atoms with E-state index in [2.05, 4.69) is 5.32 Å². The number of nitrogens with zero attached hydrogens (tertiary/aromatic N) is 2. The molecule has 0 aliphatic carbocycles. The van der Waals surface area contributed by atoms with E-state index in [1.807, 2.05) is 0 Å². The Bertz CT molecular complexity index is 728. The minimum absolute atomic E-state index is 0. The van der Waals surface area contributed by atoms with Crippen molar-refractivity contribution in [2.24, 2.45) is 0 Å². The lowest BCUT2D eigenvalue weighted by Gasteiger charge is -2.29. The van der Waals surface area contributed by atoms with E-state index in [1.54, 1.807) is 4.90 Å². The number of benzene rings is 1. The number of likely N-dealkylation sites (N-methyl/N-ethyl adjacent to an activating group) is 1. The molecule has 0 bridgehead atoms. The van der Waals surface area contributed by atoms with Crippen molar-refractivity contribution in [1.29, 1.82) is 0 Å². The number of sulfonamides is 1. The Balaban J connectivity index is 0.00000364. The molecular formula is C16H26ClN3O6S. The number of methoxy groups -OCH3 is 3. The second-order valence-electron chi connectivity index (χ2n) is 5.75. The number of hydrogen-bond donors (Lipinski definition) is 1. The van der Waals surface area contributed by atoms with Crippen molar-refractivity contribution < 1.29 is 27.4 Å². The minimum atomic E-state index is -4.02. The average molecular weight is 424 g/mol. The maximum absolute atomic E-state index is 13.1. The van der Waals surface area contributed by atoms with Crippen LogP contribution < -0.4 is 19.5 Å². The van der Waals surface area contributed by atoms with E-state index in [9.17, 15) is 13.2 Å². The zero-order valence-electron chi connectivity index (χ0n) is 15.9. The SMILES string of the molecule is COc1cc(OC)c(S(=O)(=O)N(C)CC(=O)N2CCNCC2)c(OC)c1.Cl. The van der Waals surface area contributed by atoms with Crippen molar-refractivity contribution in [3.05, 3.63) is 12.1 Å². The Morgan fingerprint density at radius 2 is 1.63 bits per heavy atom. The smallest absolute Gasteiger partial charge is 0.250 e. The molecule has 9 nitrogen and oxygen atoms in total. The standard InChI is InChI=1S/C16H25N3O6S.ClH/c1-18(11-15(20)19-7-5-17-6-8-19)26(21,22)16-13(24-3)9-12(23-2)10-14(16)25-4;/h9-10,17H,5-8,11H2,1-4H3;1H. The molecule has 1 aromatic rings. The van der Waals surface area contributed by atoms with Gasteiger partial charge >= 0.3 is 0 Å². The first kappa shape index (κ1) is 23.3. The number of hydrogen-bond acceptors (Lipinski definition) is 7. The van der Waals surface area contributed by atoms with Crippen LogP contribution in [0.2, 0.25) is 0 Å². The molecule has 0 spiro atoms. The van der Waals surface area contributed by atoms with Gasteiger partial charge in [0, 0.05) is 45.4 Å². The summed E-state index contributed by atoms with van der Waals surface area (Å²) in [5.41, 5.74) is 0. The van der Waals surface area contributed by atoms with Crippen LogP contribution >= 0.6 is 12.4 Å². The lowest BCUT2D eigenvalue weighted by Crippen LogP contribution is -2.49. The molecule has 0 atom stereocenters. The van der Waals surface area contributed by atoms with E-state index in [4.69, 9.17) is 14.2 Å². The first-order valence-corrected chi connectivity index (χ1v) is 9.54. The lowest BCUT2D eigenvalue weighted by molar-refractivity contribution is -0.131. The van der Waals surface area contributed by atoms with E-state index in [-0.39, 0.29) is 41.3 Å². The predicted molar refractivity (Wildman–Crippen MR) is 103 cm³/mol. The van der Waals surface area contributed by atoms with Gasteiger partial charge in [0.15, 0.2) is 4.90 Å². The summed E-state index contributed by atoms with van der Waals surface area (Å²) in [7, 11) is 1.52. The number of halogens is 1. The molecule has 2 rings (SSSR count). The zero-order valence-corrected chi connectivity index (χ0v) is 17.5. The lowest BCUT2D eigenvalue weighted by atomic mass is 10.3. The molecular weight excluding hydrogens is 398 g/mol.